The Hall–Kier alpha value is -3.41. The Bertz CT molecular complexity index is 923. The predicted molar refractivity (Wildman–Crippen MR) is 107 cm³/mol. The Balaban J connectivity index is 1.83. The van der Waals surface area contributed by atoms with Crippen LogP contribution in [0.5, 0.6) is 5.75 Å². The number of aliphatic hydroxyl groups excluding tert-OH is 1. The molecule has 1 fully saturated rings. The number of nitrogens with one attached hydrogen (secondary N) is 1. The van der Waals surface area contributed by atoms with E-state index in [4.69, 9.17) is 14.7 Å². The van der Waals surface area contributed by atoms with Crippen molar-refractivity contribution in [2.45, 2.75) is 25.9 Å². The second-order valence-corrected chi connectivity index (χ2v) is 6.51. The molecule has 0 aliphatic carbocycles. The van der Waals surface area contributed by atoms with Crippen LogP contribution < -0.4 is 15.0 Å². The minimum atomic E-state index is -1.15. The summed E-state index contributed by atoms with van der Waals surface area (Å²) in [4.78, 5) is 17.1. The number of carbonyl (C=O) groups excluding carboxylic acids is 1. The molecule has 0 saturated carbocycles. The van der Waals surface area contributed by atoms with E-state index in [2.05, 4.69) is 22.9 Å². The molecule has 2 N–H and O–H groups in total. The SMILES string of the molecule is C=COc1cc(-c2ccc(CC#N)nc2)ccc1N1CC(CNC(C)=O)OC1O. The van der Waals surface area contributed by atoms with Gasteiger partial charge in [0.25, 0.3) is 0 Å². The largest absolute Gasteiger partial charge is 0.463 e. The van der Waals surface area contributed by atoms with Crippen molar-refractivity contribution >= 4 is 11.6 Å². The van der Waals surface area contributed by atoms with Crippen LogP contribution in [0.4, 0.5) is 5.69 Å². The van der Waals surface area contributed by atoms with E-state index in [-0.39, 0.29) is 18.4 Å². The highest BCUT2D eigenvalue weighted by molar-refractivity contribution is 5.73. The molecule has 150 valence electrons. The van der Waals surface area contributed by atoms with E-state index in [0.29, 0.717) is 30.2 Å². The van der Waals surface area contributed by atoms with Gasteiger partial charge in [-0.2, -0.15) is 5.26 Å². The lowest BCUT2D eigenvalue weighted by atomic mass is 10.1. The lowest BCUT2D eigenvalue weighted by Crippen LogP contribution is -2.33. The van der Waals surface area contributed by atoms with Crippen molar-refractivity contribution in [3.05, 3.63) is 55.1 Å². The van der Waals surface area contributed by atoms with Gasteiger partial charge in [0, 0.05) is 25.2 Å². The average molecular weight is 394 g/mol. The Morgan fingerprint density at radius 2 is 2.28 bits per heavy atom. The second-order valence-electron chi connectivity index (χ2n) is 6.51. The van der Waals surface area contributed by atoms with Crippen molar-refractivity contribution in [1.82, 2.24) is 10.3 Å². The molecule has 2 atom stereocenters. The van der Waals surface area contributed by atoms with Gasteiger partial charge in [0.15, 0.2) is 5.75 Å². The van der Waals surface area contributed by atoms with Crippen LogP contribution in [0.25, 0.3) is 11.1 Å². The minimum absolute atomic E-state index is 0.157. The molecule has 0 bridgehead atoms. The number of aliphatic hydroxyl groups is 1. The van der Waals surface area contributed by atoms with E-state index >= 15 is 0 Å². The van der Waals surface area contributed by atoms with Crippen LogP contribution in [0.3, 0.4) is 0 Å². The van der Waals surface area contributed by atoms with E-state index in [1.54, 1.807) is 11.1 Å². The first-order chi connectivity index (χ1) is 14.0. The predicted octanol–water partition coefficient (Wildman–Crippen LogP) is 1.95. The summed E-state index contributed by atoms with van der Waals surface area (Å²) >= 11 is 0. The van der Waals surface area contributed by atoms with Gasteiger partial charge in [0.05, 0.1) is 42.8 Å². The molecule has 2 heterocycles. The van der Waals surface area contributed by atoms with Gasteiger partial charge in [0.2, 0.25) is 12.3 Å². The van der Waals surface area contributed by atoms with Crippen LogP contribution in [-0.2, 0) is 16.0 Å². The third kappa shape index (κ3) is 4.90. The number of rotatable bonds is 7. The fourth-order valence-electron chi connectivity index (χ4n) is 3.08. The first-order valence-corrected chi connectivity index (χ1v) is 9.10. The highest BCUT2D eigenvalue weighted by atomic mass is 16.6. The number of amides is 1. The van der Waals surface area contributed by atoms with Crippen LogP contribution in [0, 0.1) is 11.3 Å². The third-order valence-corrected chi connectivity index (χ3v) is 4.46. The van der Waals surface area contributed by atoms with E-state index < -0.39 is 6.41 Å². The standard InChI is InChI=1S/C21H22N4O4/c1-3-28-20-10-15(16-4-6-17(8-9-22)24-11-16)5-7-19(20)25-13-18(29-21(25)27)12-23-14(2)26/h3-7,10-11,18,21,27H,1,8,12-13H2,2H3,(H,23,26). The van der Waals surface area contributed by atoms with Gasteiger partial charge >= 0.3 is 0 Å². The fourth-order valence-corrected chi connectivity index (χ4v) is 3.08. The number of benzene rings is 1. The maximum Gasteiger partial charge on any atom is 0.238 e. The first kappa shape index (κ1) is 20.3. The number of nitriles is 1. The number of anilines is 1. The number of pyridine rings is 1. The molecule has 1 aromatic heterocycles. The molecule has 1 aliphatic rings. The summed E-state index contributed by atoms with van der Waals surface area (Å²) in [6.07, 6.45) is 1.78. The lowest BCUT2D eigenvalue weighted by molar-refractivity contribution is -0.121. The minimum Gasteiger partial charge on any atom is -0.463 e. The molecular weight excluding hydrogens is 372 g/mol. The van der Waals surface area contributed by atoms with Gasteiger partial charge in [0.1, 0.15) is 0 Å². The van der Waals surface area contributed by atoms with Crippen LogP contribution in [0.2, 0.25) is 0 Å². The van der Waals surface area contributed by atoms with Gasteiger partial charge in [-0.3, -0.25) is 9.78 Å². The number of hydrogen-bond donors (Lipinski definition) is 2. The van der Waals surface area contributed by atoms with Crippen LogP contribution in [0.1, 0.15) is 12.6 Å². The number of carbonyl (C=O) groups is 1. The maximum absolute atomic E-state index is 11.1. The molecule has 1 amide bonds. The van der Waals surface area contributed by atoms with Crippen molar-refractivity contribution < 1.29 is 19.4 Å². The van der Waals surface area contributed by atoms with Crippen molar-refractivity contribution in [2.75, 3.05) is 18.0 Å². The zero-order chi connectivity index (χ0) is 20.8. The molecule has 29 heavy (non-hydrogen) atoms. The summed E-state index contributed by atoms with van der Waals surface area (Å²) in [6.45, 7) is 5.74. The fraction of sp³-hybridized carbons (Fsp3) is 0.286. The molecule has 8 heteroatoms. The van der Waals surface area contributed by atoms with E-state index in [1.165, 1.54) is 13.2 Å². The number of ether oxygens (including phenoxy) is 2. The van der Waals surface area contributed by atoms with Crippen molar-refractivity contribution in [1.29, 1.82) is 5.26 Å². The van der Waals surface area contributed by atoms with Crippen LogP contribution in [0.15, 0.2) is 49.4 Å². The molecule has 2 aromatic rings. The van der Waals surface area contributed by atoms with Crippen LogP contribution in [-0.4, -0.2) is 41.6 Å². The topological polar surface area (TPSA) is 108 Å². The first-order valence-electron chi connectivity index (χ1n) is 9.10. The number of aromatic nitrogens is 1. The van der Waals surface area contributed by atoms with Crippen molar-refractivity contribution in [3.63, 3.8) is 0 Å². The average Bonchev–Trinajstić information content (AvgIpc) is 3.08. The molecule has 8 nitrogen and oxygen atoms in total. The molecule has 2 unspecified atom stereocenters. The maximum atomic E-state index is 11.1. The Morgan fingerprint density at radius 1 is 1.48 bits per heavy atom. The Kier molecular flexibility index (Phi) is 6.44. The zero-order valence-electron chi connectivity index (χ0n) is 16.0. The van der Waals surface area contributed by atoms with Gasteiger partial charge in [-0.1, -0.05) is 18.7 Å². The molecule has 0 radical (unpaired) electrons. The molecule has 0 spiro atoms. The summed E-state index contributed by atoms with van der Waals surface area (Å²) in [5.41, 5.74) is 3.08. The van der Waals surface area contributed by atoms with Gasteiger partial charge in [-0.05, 0) is 23.8 Å². The smallest absolute Gasteiger partial charge is 0.238 e. The summed E-state index contributed by atoms with van der Waals surface area (Å²) in [5.74, 6) is 0.345. The van der Waals surface area contributed by atoms with Gasteiger partial charge in [-0.25, -0.2) is 0 Å². The molecular formula is C21H22N4O4. The molecule has 1 saturated heterocycles. The zero-order valence-corrected chi connectivity index (χ0v) is 16.0. The highest BCUT2D eigenvalue weighted by Crippen LogP contribution is 2.36. The summed E-state index contributed by atoms with van der Waals surface area (Å²) < 4.78 is 11.1. The van der Waals surface area contributed by atoms with Crippen molar-refractivity contribution in [3.8, 4) is 22.9 Å². The third-order valence-electron chi connectivity index (χ3n) is 4.46. The Labute approximate surface area is 169 Å². The summed E-state index contributed by atoms with van der Waals surface area (Å²) in [5, 5.41) is 21.8. The summed E-state index contributed by atoms with van der Waals surface area (Å²) in [6, 6.07) is 11.3. The highest BCUT2D eigenvalue weighted by Gasteiger charge is 2.33. The van der Waals surface area contributed by atoms with Gasteiger partial charge in [-0.15, -0.1) is 0 Å². The van der Waals surface area contributed by atoms with Crippen LogP contribution >= 0.6 is 0 Å². The molecule has 1 aliphatic heterocycles. The van der Waals surface area contributed by atoms with Crippen molar-refractivity contribution in [2.24, 2.45) is 0 Å². The Morgan fingerprint density at radius 3 is 2.93 bits per heavy atom. The quantitative estimate of drug-likeness (QED) is 0.691. The summed E-state index contributed by atoms with van der Waals surface area (Å²) in [7, 11) is 0. The molecule has 3 rings (SSSR count). The van der Waals surface area contributed by atoms with Gasteiger partial charge < -0.3 is 24.8 Å². The van der Waals surface area contributed by atoms with E-state index in [9.17, 15) is 9.90 Å². The van der Waals surface area contributed by atoms with E-state index in [1.807, 2.05) is 30.3 Å². The molecule has 1 aromatic carbocycles. The number of hydrogen-bond acceptors (Lipinski definition) is 7. The number of nitrogens with zero attached hydrogens (tertiary/aromatic N) is 3. The monoisotopic (exact) mass is 394 g/mol. The normalized spacial score (nSPS) is 18.2. The lowest BCUT2D eigenvalue weighted by Gasteiger charge is -2.23. The second kappa shape index (κ2) is 9.19. The van der Waals surface area contributed by atoms with E-state index in [0.717, 1.165) is 11.1 Å².